The number of aromatic nitrogens is 1. The summed E-state index contributed by atoms with van der Waals surface area (Å²) in [4.78, 5) is 20.8. The minimum Gasteiger partial charge on any atom is -0.457 e. The second-order valence-electron chi connectivity index (χ2n) is 8.58. The number of carbonyl (C=O) groups excluding carboxylic acids is 1. The van der Waals surface area contributed by atoms with Crippen molar-refractivity contribution in [1.29, 1.82) is 0 Å². The van der Waals surface area contributed by atoms with E-state index in [2.05, 4.69) is 4.98 Å². The van der Waals surface area contributed by atoms with Gasteiger partial charge in [-0.2, -0.15) is 13.2 Å². The van der Waals surface area contributed by atoms with Gasteiger partial charge >= 0.3 is 12.2 Å². The van der Waals surface area contributed by atoms with Crippen LogP contribution in [0.5, 0.6) is 11.5 Å². The van der Waals surface area contributed by atoms with E-state index in [9.17, 15) is 18.0 Å². The molecule has 1 fully saturated rings. The zero-order chi connectivity index (χ0) is 26.0. The highest BCUT2D eigenvalue weighted by Crippen LogP contribution is 2.38. The van der Waals surface area contributed by atoms with Gasteiger partial charge < -0.3 is 9.64 Å². The monoisotopic (exact) mass is 523 g/mol. The van der Waals surface area contributed by atoms with Crippen molar-refractivity contribution in [3.05, 3.63) is 119 Å². The maximum absolute atomic E-state index is 13.5. The number of nitrogens with zero attached hydrogens (tertiary/aromatic N) is 3. The number of rotatable bonds is 6. The number of pyridine rings is 1. The quantitative estimate of drug-likeness (QED) is 0.260. The second-order valence-corrected chi connectivity index (χ2v) is 9.02. The topological polar surface area (TPSA) is 45.7 Å². The summed E-state index contributed by atoms with van der Waals surface area (Å²) in [5.41, 5.74) is 1.02. The minimum atomic E-state index is -4.49. The Hall–Kier alpha value is -4.04. The molecule has 1 aromatic heterocycles. The molecule has 2 amide bonds. The summed E-state index contributed by atoms with van der Waals surface area (Å²) in [5.74, 6) is 1.14. The van der Waals surface area contributed by atoms with Gasteiger partial charge in [0.25, 0.3) is 0 Å². The minimum absolute atomic E-state index is 0.220. The van der Waals surface area contributed by atoms with Gasteiger partial charge in [-0.1, -0.05) is 29.8 Å². The molecule has 37 heavy (non-hydrogen) atoms. The smallest absolute Gasteiger partial charge is 0.416 e. The van der Waals surface area contributed by atoms with E-state index in [0.717, 1.165) is 17.7 Å². The first kappa shape index (κ1) is 24.6. The molecule has 0 saturated carbocycles. The van der Waals surface area contributed by atoms with Crippen LogP contribution in [0.25, 0.3) is 0 Å². The third-order valence-corrected chi connectivity index (χ3v) is 6.29. The van der Waals surface area contributed by atoms with E-state index in [-0.39, 0.29) is 19.1 Å². The summed E-state index contributed by atoms with van der Waals surface area (Å²) in [7, 11) is 0. The average Bonchev–Trinajstić information content (AvgIpc) is 3.22. The molecule has 5 rings (SSSR count). The maximum atomic E-state index is 13.5. The number of benzene rings is 3. The largest absolute Gasteiger partial charge is 0.457 e. The molecule has 4 aromatic rings. The molecular formula is C28H21ClF3N3O2. The Balaban J connectivity index is 1.45. The van der Waals surface area contributed by atoms with Crippen LogP contribution in [0.15, 0.2) is 97.3 Å². The number of hydrogen-bond donors (Lipinski definition) is 0. The van der Waals surface area contributed by atoms with Crippen LogP contribution in [0.3, 0.4) is 0 Å². The van der Waals surface area contributed by atoms with Crippen molar-refractivity contribution in [1.82, 2.24) is 9.88 Å². The lowest BCUT2D eigenvalue weighted by Crippen LogP contribution is -2.32. The standard InChI is InChI=1S/C28H21ClF3N3O2/c29-22-6-10-24(11-7-22)37-25-12-8-23(9-13-25)35-26(20-4-1-5-21(15-20)28(30,31)32)18-34(27(35)36)17-19-3-2-14-33-16-19/h1-16,26H,17-18H2. The Labute approximate surface area is 216 Å². The van der Waals surface area contributed by atoms with Crippen LogP contribution >= 0.6 is 11.6 Å². The Morgan fingerprint density at radius 1 is 0.946 bits per heavy atom. The third-order valence-electron chi connectivity index (χ3n) is 6.04. The zero-order valence-corrected chi connectivity index (χ0v) is 20.2. The van der Waals surface area contributed by atoms with Crippen molar-refractivity contribution >= 4 is 23.3 Å². The Morgan fingerprint density at radius 2 is 1.65 bits per heavy atom. The summed E-state index contributed by atoms with van der Waals surface area (Å²) >= 11 is 5.92. The molecule has 0 N–H and O–H groups in total. The van der Waals surface area contributed by atoms with E-state index < -0.39 is 17.8 Å². The molecule has 0 aliphatic carbocycles. The highest BCUT2D eigenvalue weighted by atomic mass is 35.5. The van der Waals surface area contributed by atoms with Crippen molar-refractivity contribution in [2.24, 2.45) is 0 Å². The summed E-state index contributed by atoms with van der Waals surface area (Å²) in [6.07, 6.45) is -1.18. The molecule has 1 saturated heterocycles. The van der Waals surface area contributed by atoms with E-state index in [0.29, 0.717) is 27.8 Å². The van der Waals surface area contributed by atoms with E-state index >= 15 is 0 Å². The van der Waals surface area contributed by atoms with Crippen molar-refractivity contribution < 1.29 is 22.7 Å². The molecule has 3 aromatic carbocycles. The number of alkyl halides is 3. The molecule has 5 nitrogen and oxygen atoms in total. The molecule has 2 heterocycles. The molecule has 0 radical (unpaired) electrons. The maximum Gasteiger partial charge on any atom is 0.416 e. The van der Waals surface area contributed by atoms with E-state index in [1.165, 1.54) is 11.0 Å². The second kappa shape index (κ2) is 10.1. The summed E-state index contributed by atoms with van der Waals surface area (Å²) in [6.45, 7) is 0.508. The average molecular weight is 524 g/mol. The van der Waals surface area contributed by atoms with Crippen LogP contribution in [0, 0.1) is 0 Å². The highest BCUT2D eigenvalue weighted by molar-refractivity contribution is 6.30. The lowest BCUT2D eigenvalue weighted by atomic mass is 10.0. The third kappa shape index (κ3) is 5.54. The molecule has 1 unspecified atom stereocenters. The van der Waals surface area contributed by atoms with Gasteiger partial charge in [0.1, 0.15) is 11.5 Å². The first-order valence-electron chi connectivity index (χ1n) is 11.5. The van der Waals surface area contributed by atoms with Gasteiger partial charge in [0.2, 0.25) is 0 Å². The van der Waals surface area contributed by atoms with Gasteiger partial charge in [-0.25, -0.2) is 4.79 Å². The highest BCUT2D eigenvalue weighted by Gasteiger charge is 2.40. The molecule has 1 aliphatic rings. The lowest BCUT2D eigenvalue weighted by Gasteiger charge is -2.24. The number of carbonyl (C=O) groups is 1. The van der Waals surface area contributed by atoms with Gasteiger partial charge in [-0.05, 0) is 77.9 Å². The number of hydrogen-bond acceptors (Lipinski definition) is 3. The Morgan fingerprint density at radius 3 is 2.30 bits per heavy atom. The fraction of sp³-hybridized carbons (Fsp3) is 0.143. The predicted octanol–water partition coefficient (Wildman–Crippen LogP) is 7.73. The molecule has 0 spiro atoms. The van der Waals surface area contributed by atoms with Crippen LogP contribution in [-0.4, -0.2) is 22.5 Å². The molecule has 0 bridgehead atoms. The number of amides is 2. The number of halogens is 4. The van der Waals surface area contributed by atoms with Crippen LogP contribution in [0.1, 0.15) is 22.7 Å². The molecular weight excluding hydrogens is 503 g/mol. The fourth-order valence-corrected chi connectivity index (χ4v) is 4.41. The first-order valence-corrected chi connectivity index (χ1v) is 11.8. The van der Waals surface area contributed by atoms with Crippen molar-refractivity contribution in [3.8, 4) is 11.5 Å². The van der Waals surface area contributed by atoms with E-state index in [4.69, 9.17) is 16.3 Å². The first-order chi connectivity index (χ1) is 17.8. The van der Waals surface area contributed by atoms with Crippen molar-refractivity contribution in [3.63, 3.8) is 0 Å². The van der Waals surface area contributed by atoms with Gasteiger partial charge in [-0.15, -0.1) is 0 Å². The number of anilines is 1. The summed E-state index contributed by atoms with van der Waals surface area (Å²) in [5, 5.41) is 0.590. The zero-order valence-electron chi connectivity index (χ0n) is 19.4. The SMILES string of the molecule is O=C1N(Cc2cccnc2)CC(c2cccc(C(F)(F)F)c2)N1c1ccc(Oc2ccc(Cl)cc2)cc1. The van der Waals surface area contributed by atoms with Crippen molar-refractivity contribution in [2.45, 2.75) is 18.8 Å². The van der Waals surface area contributed by atoms with E-state index in [1.807, 2.05) is 6.07 Å². The number of urea groups is 1. The van der Waals surface area contributed by atoms with Gasteiger partial charge in [-0.3, -0.25) is 9.88 Å². The Bertz CT molecular complexity index is 1380. The van der Waals surface area contributed by atoms with Crippen LogP contribution in [0.4, 0.5) is 23.7 Å². The summed E-state index contributed by atoms with van der Waals surface area (Å²) < 4.78 is 46.2. The van der Waals surface area contributed by atoms with Crippen LogP contribution in [0.2, 0.25) is 5.02 Å². The van der Waals surface area contributed by atoms with Gasteiger partial charge in [0.05, 0.1) is 11.6 Å². The van der Waals surface area contributed by atoms with Crippen LogP contribution < -0.4 is 9.64 Å². The molecule has 1 aliphatic heterocycles. The van der Waals surface area contributed by atoms with Crippen LogP contribution in [-0.2, 0) is 12.7 Å². The predicted molar refractivity (Wildman–Crippen MR) is 135 cm³/mol. The van der Waals surface area contributed by atoms with Crippen molar-refractivity contribution in [2.75, 3.05) is 11.4 Å². The normalized spacial score (nSPS) is 15.8. The Kier molecular flexibility index (Phi) is 6.76. The molecule has 1 atom stereocenters. The van der Waals surface area contributed by atoms with Gasteiger partial charge in [0.15, 0.2) is 0 Å². The van der Waals surface area contributed by atoms with Gasteiger partial charge in [0, 0.05) is 36.2 Å². The molecule has 9 heteroatoms. The lowest BCUT2D eigenvalue weighted by molar-refractivity contribution is -0.137. The number of ether oxygens (including phenoxy) is 1. The van der Waals surface area contributed by atoms with E-state index in [1.54, 1.807) is 78.0 Å². The molecule has 188 valence electrons. The fourth-order valence-electron chi connectivity index (χ4n) is 4.28. The summed E-state index contributed by atoms with van der Waals surface area (Å²) in [6, 6.07) is 21.6.